The number of hydrogen-bond donors (Lipinski definition) is 2. The zero-order valence-corrected chi connectivity index (χ0v) is 19.0. The highest BCUT2D eigenvalue weighted by molar-refractivity contribution is 5.98. The Morgan fingerprint density at radius 3 is 2.97 bits per heavy atom. The molecule has 1 aliphatic rings. The maximum absolute atomic E-state index is 12.8. The Bertz CT molecular complexity index is 1320. The lowest BCUT2D eigenvalue weighted by molar-refractivity contribution is 0.0609. The Labute approximate surface area is 198 Å². The Kier molecular flexibility index (Phi) is 6.29. The van der Waals surface area contributed by atoms with Crippen LogP contribution in [0.1, 0.15) is 27.0 Å². The van der Waals surface area contributed by atoms with Crippen molar-refractivity contribution in [1.82, 2.24) is 10.3 Å². The molecule has 0 saturated heterocycles. The van der Waals surface area contributed by atoms with Crippen molar-refractivity contribution in [1.29, 1.82) is 0 Å². The molecule has 5 rings (SSSR count). The van der Waals surface area contributed by atoms with Gasteiger partial charge in [-0.05, 0) is 72.0 Å². The molecule has 0 spiro atoms. The van der Waals surface area contributed by atoms with Crippen LogP contribution in [-0.4, -0.2) is 48.9 Å². The summed E-state index contributed by atoms with van der Waals surface area (Å²) in [5.74, 6) is 0.680. The highest BCUT2D eigenvalue weighted by Gasteiger charge is 2.26. The van der Waals surface area contributed by atoms with Crippen LogP contribution in [0.25, 0.3) is 11.0 Å². The van der Waals surface area contributed by atoms with Crippen molar-refractivity contribution in [2.75, 3.05) is 31.7 Å². The van der Waals surface area contributed by atoms with Gasteiger partial charge in [0.15, 0.2) is 0 Å². The Morgan fingerprint density at radius 2 is 2.09 bits per heavy atom. The number of hydrogen-bond acceptors (Lipinski definition) is 6. The van der Waals surface area contributed by atoms with Gasteiger partial charge in [0.05, 0.1) is 19.0 Å². The molecule has 7 heteroatoms. The molecule has 0 saturated carbocycles. The Balaban J connectivity index is 1.34. The molecule has 0 fully saturated rings. The molecule has 2 aromatic heterocycles. The van der Waals surface area contributed by atoms with E-state index in [0.717, 1.165) is 47.4 Å². The summed E-state index contributed by atoms with van der Waals surface area (Å²) in [6.45, 7) is 1.08. The third kappa shape index (κ3) is 4.53. The van der Waals surface area contributed by atoms with E-state index in [4.69, 9.17) is 9.15 Å². The lowest BCUT2D eigenvalue weighted by Gasteiger charge is -2.19. The summed E-state index contributed by atoms with van der Waals surface area (Å²) in [7, 11) is 1.52. The van der Waals surface area contributed by atoms with Crippen LogP contribution in [0.15, 0.2) is 71.5 Å². The Morgan fingerprint density at radius 1 is 1.21 bits per heavy atom. The van der Waals surface area contributed by atoms with Gasteiger partial charge in [-0.1, -0.05) is 12.1 Å². The summed E-state index contributed by atoms with van der Waals surface area (Å²) in [6.07, 6.45) is 4.36. The van der Waals surface area contributed by atoms with Gasteiger partial charge in [0.25, 0.3) is 5.91 Å². The highest BCUT2D eigenvalue weighted by atomic mass is 16.5. The van der Waals surface area contributed by atoms with E-state index in [2.05, 4.69) is 33.4 Å². The number of carbonyl (C=O) groups is 1. The normalized spacial score (nSPS) is 13.8. The largest absolute Gasteiger partial charge is 0.464 e. The zero-order chi connectivity index (χ0) is 23.5. The number of methoxy groups -OCH3 is 1. The monoisotopic (exact) mass is 457 g/mol. The van der Waals surface area contributed by atoms with Gasteiger partial charge in [0.2, 0.25) is 0 Å². The molecule has 1 atom stereocenters. The fourth-order valence-electron chi connectivity index (χ4n) is 4.52. The number of aliphatic hydroxyl groups is 1. The van der Waals surface area contributed by atoms with Crippen LogP contribution >= 0.6 is 0 Å². The Hall–Kier alpha value is -3.68. The third-order valence-electron chi connectivity index (χ3n) is 6.14. The summed E-state index contributed by atoms with van der Waals surface area (Å²) in [5, 5.41) is 13.7. The first-order valence-corrected chi connectivity index (χ1v) is 11.4. The van der Waals surface area contributed by atoms with Gasteiger partial charge in [0, 0.05) is 43.0 Å². The quantitative estimate of drug-likeness (QED) is 0.418. The van der Waals surface area contributed by atoms with Crippen molar-refractivity contribution in [3.8, 4) is 0 Å². The van der Waals surface area contributed by atoms with Gasteiger partial charge in [-0.3, -0.25) is 4.79 Å². The maximum Gasteiger partial charge on any atom is 0.251 e. The lowest BCUT2D eigenvalue weighted by atomic mass is 10.0. The maximum atomic E-state index is 12.8. The van der Waals surface area contributed by atoms with E-state index in [1.165, 1.54) is 18.2 Å². The first-order valence-electron chi connectivity index (χ1n) is 11.4. The van der Waals surface area contributed by atoms with Gasteiger partial charge in [-0.25, -0.2) is 4.98 Å². The van der Waals surface area contributed by atoms with Crippen LogP contribution in [0.2, 0.25) is 0 Å². The molecule has 4 aromatic rings. The van der Waals surface area contributed by atoms with Gasteiger partial charge in [0.1, 0.15) is 11.4 Å². The number of carbonyl (C=O) groups excluding carboxylic acids is 1. The molecule has 2 aromatic carbocycles. The number of nitrogens with one attached hydrogen (secondary N) is 1. The molecule has 0 unspecified atom stereocenters. The molecule has 3 heterocycles. The lowest BCUT2D eigenvalue weighted by Crippen LogP contribution is -2.34. The van der Waals surface area contributed by atoms with Gasteiger partial charge < -0.3 is 24.5 Å². The van der Waals surface area contributed by atoms with Crippen molar-refractivity contribution in [3.63, 3.8) is 0 Å². The topological polar surface area (TPSA) is 87.8 Å². The second-order valence-electron chi connectivity index (χ2n) is 8.52. The number of nitrogens with zero attached hydrogens (tertiary/aromatic N) is 2. The molecular weight excluding hydrogens is 430 g/mol. The predicted octanol–water partition coefficient (Wildman–Crippen LogP) is 3.85. The van der Waals surface area contributed by atoms with E-state index >= 15 is 0 Å². The van der Waals surface area contributed by atoms with Crippen molar-refractivity contribution in [2.45, 2.75) is 18.9 Å². The molecule has 2 N–H and O–H groups in total. The van der Waals surface area contributed by atoms with E-state index in [-0.39, 0.29) is 19.1 Å². The summed E-state index contributed by atoms with van der Waals surface area (Å²) in [4.78, 5) is 19.6. The van der Waals surface area contributed by atoms with Crippen molar-refractivity contribution in [2.24, 2.45) is 0 Å². The van der Waals surface area contributed by atoms with E-state index < -0.39 is 6.10 Å². The first kappa shape index (κ1) is 22.1. The average molecular weight is 458 g/mol. The standard InChI is InChI=1S/C27H27N3O4/c1-33-17-21(31)16-29-27(32)23-3-2-4-24-22(23)8-11-30(24)26-15-19(7-10-28-26)13-18-5-6-25-20(14-18)9-12-34-25/h2-7,9-10,12,14-15,21,31H,8,11,13,16-17H2,1H3,(H,29,32)/t21-/m0/s1. The second-order valence-corrected chi connectivity index (χ2v) is 8.52. The first-order chi connectivity index (χ1) is 16.6. The van der Waals surface area contributed by atoms with Gasteiger partial charge in [-0.2, -0.15) is 0 Å². The number of rotatable bonds is 8. The van der Waals surface area contributed by atoms with E-state index in [9.17, 15) is 9.90 Å². The van der Waals surface area contributed by atoms with Gasteiger partial charge in [-0.15, -0.1) is 0 Å². The summed E-state index contributed by atoms with van der Waals surface area (Å²) >= 11 is 0. The van der Waals surface area contributed by atoms with Crippen LogP contribution in [0.4, 0.5) is 11.5 Å². The highest BCUT2D eigenvalue weighted by Crippen LogP contribution is 2.36. The SMILES string of the molecule is COC[C@@H](O)CNC(=O)c1cccc2c1CCN2c1cc(Cc2ccc3occc3c2)ccn1. The third-order valence-corrected chi connectivity index (χ3v) is 6.14. The van der Waals surface area contributed by atoms with Crippen LogP contribution < -0.4 is 10.2 Å². The van der Waals surface area contributed by atoms with E-state index in [1.807, 2.05) is 42.6 Å². The van der Waals surface area contributed by atoms with Gasteiger partial charge >= 0.3 is 0 Å². The van der Waals surface area contributed by atoms with Crippen molar-refractivity contribution >= 4 is 28.4 Å². The number of amides is 1. The van der Waals surface area contributed by atoms with E-state index in [1.54, 1.807) is 6.26 Å². The predicted molar refractivity (Wildman–Crippen MR) is 131 cm³/mol. The number of furan rings is 1. The number of ether oxygens (including phenoxy) is 1. The fourth-order valence-corrected chi connectivity index (χ4v) is 4.52. The molecule has 1 aliphatic heterocycles. The number of anilines is 2. The fraction of sp³-hybridized carbons (Fsp3) is 0.259. The summed E-state index contributed by atoms with van der Waals surface area (Å²) in [6, 6.07) is 18.1. The number of aromatic nitrogens is 1. The van der Waals surface area contributed by atoms with Crippen LogP contribution in [0.3, 0.4) is 0 Å². The molecule has 0 aliphatic carbocycles. The second kappa shape index (κ2) is 9.67. The van der Waals surface area contributed by atoms with E-state index in [0.29, 0.717) is 5.56 Å². The molecule has 34 heavy (non-hydrogen) atoms. The zero-order valence-electron chi connectivity index (χ0n) is 19.0. The smallest absolute Gasteiger partial charge is 0.251 e. The van der Waals surface area contributed by atoms with Crippen LogP contribution in [-0.2, 0) is 17.6 Å². The molecular formula is C27H27N3O4. The molecule has 0 radical (unpaired) electrons. The van der Waals surface area contributed by atoms with Crippen LogP contribution in [0, 0.1) is 0 Å². The van der Waals surface area contributed by atoms with Crippen LogP contribution in [0.5, 0.6) is 0 Å². The van der Waals surface area contributed by atoms with Crippen molar-refractivity contribution in [3.05, 3.63) is 89.3 Å². The molecule has 174 valence electrons. The minimum absolute atomic E-state index is 0.147. The summed E-state index contributed by atoms with van der Waals surface area (Å²) in [5.41, 5.74) is 5.90. The average Bonchev–Trinajstić information content (AvgIpc) is 3.49. The molecule has 0 bridgehead atoms. The summed E-state index contributed by atoms with van der Waals surface area (Å²) < 4.78 is 10.4. The molecule has 7 nitrogen and oxygen atoms in total. The number of fused-ring (bicyclic) bond motifs is 2. The number of benzene rings is 2. The minimum Gasteiger partial charge on any atom is -0.464 e. The number of aliphatic hydroxyl groups excluding tert-OH is 1. The molecule has 1 amide bonds. The number of pyridine rings is 1. The van der Waals surface area contributed by atoms with Crippen molar-refractivity contribution < 1.29 is 19.1 Å². The minimum atomic E-state index is -0.733.